The lowest BCUT2D eigenvalue weighted by atomic mass is 9.93. The molecular formula is C21H28F2N4O8S. The van der Waals surface area contributed by atoms with Gasteiger partial charge in [0, 0.05) is 18.7 Å². The van der Waals surface area contributed by atoms with Gasteiger partial charge in [0.2, 0.25) is 16.0 Å². The lowest BCUT2D eigenvalue weighted by Crippen LogP contribution is -2.58. The molecule has 200 valence electrons. The Morgan fingerprint density at radius 2 is 1.58 bits per heavy atom. The number of nitro groups is 1. The number of benzene rings is 1. The van der Waals surface area contributed by atoms with E-state index in [2.05, 4.69) is 4.99 Å². The summed E-state index contributed by atoms with van der Waals surface area (Å²) in [5.41, 5.74) is -6.09. The van der Waals surface area contributed by atoms with Gasteiger partial charge in [-0.2, -0.15) is 0 Å². The molecule has 0 unspecified atom stereocenters. The molecule has 36 heavy (non-hydrogen) atoms. The van der Waals surface area contributed by atoms with Gasteiger partial charge in [-0.05, 0) is 48.5 Å². The zero-order valence-corrected chi connectivity index (χ0v) is 21.9. The number of rotatable bonds is 2. The van der Waals surface area contributed by atoms with Gasteiger partial charge < -0.3 is 9.47 Å². The highest BCUT2D eigenvalue weighted by molar-refractivity contribution is 7.89. The van der Waals surface area contributed by atoms with Gasteiger partial charge in [0.15, 0.2) is 11.6 Å². The molecule has 1 aromatic carbocycles. The Balaban J connectivity index is 2.84. The third-order valence-electron chi connectivity index (χ3n) is 4.67. The Labute approximate surface area is 207 Å². The quantitative estimate of drug-likeness (QED) is 0.410. The lowest BCUT2D eigenvalue weighted by Gasteiger charge is -2.39. The number of ether oxygens (including phenoxy) is 2. The highest BCUT2D eigenvalue weighted by Gasteiger charge is 2.48. The first-order chi connectivity index (χ1) is 16.1. The Morgan fingerprint density at radius 3 is 2.00 bits per heavy atom. The second kappa shape index (κ2) is 9.26. The summed E-state index contributed by atoms with van der Waals surface area (Å²) in [5.74, 6) is -4.98. The normalized spacial score (nSPS) is 19.8. The molecular weight excluding hydrogens is 506 g/mol. The molecule has 1 aliphatic heterocycles. The minimum absolute atomic E-state index is 0.219. The van der Waals surface area contributed by atoms with Crippen molar-refractivity contribution >= 4 is 33.9 Å². The van der Waals surface area contributed by atoms with Crippen LogP contribution in [0.2, 0.25) is 0 Å². The van der Waals surface area contributed by atoms with Crippen LogP contribution in [-0.4, -0.2) is 64.7 Å². The van der Waals surface area contributed by atoms with Gasteiger partial charge in [0.1, 0.15) is 16.7 Å². The largest absolute Gasteiger partial charge is 0.443 e. The van der Waals surface area contributed by atoms with E-state index in [1.807, 2.05) is 0 Å². The van der Waals surface area contributed by atoms with Gasteiger partial charge in [0.25, 0.3) is 5.69 Å². The SMILES string of the molecule is CN1C(N(C(=O)OC(C)(C)C)C(=O)OC(C)(C)C)=N[C@](C)(c2cc([N+](=O)[O-])cc(F)c2F)CS1(=O)=O. The fourth-order valence-electron chi connectivity index (χ4n) is 3.15. The van der Waals surface area contributed by atoms with Crippen LogP contribution >= 0.6 is 0 Å². The molecule has 1 atom stereocenters. The number of hydrogen-bond donors (Lipinski definition) is 0. The van der Waals surface area contributed by atoms with Gasteiger partial charge in [-0.15, -0.1) is 4.90 Å². The topological polar surface area (TPSA) is 149 Å². The van der Waals surface area contributed by atoms with E-state index in [0.717, 1.165) is 14.0 Å². The molecule has 0 fully saturated rings. The number of imide groups is 1. The Kier molecular flexibility index (Phi) is 7.43. The van der Waals surface area contributed by atoms with E-state index < -0.39 is 78.5 Å². The molecule has 2 amide bonds. The minimum Gasteiger partial charge on any atom is -0.443 e. The number of non-ortho nitro benzene ring substituents is 1. The second-order valence-electron chi connectivity index (χ2n) is 10.3. The highest BCUT2D eigenvalue weighted by atomic mass is 32.2. The van der Waals surface area contributed by atoms with Crippen LogP contribution < -0.4 is 0 Å². The van der Waals surface area contributed by atoms with E-state index in [4.69, 9.17) is 9.47 Å². The summed E-state index contributed by atoms with van der Waals surface area (Å²) in [6, 6.07) is 0.982. The minimum atomic E-state index is -4.44. The lowest BCUT2D eigenvalue weighted by molar-refractivity contribution is -0.385. The van der Waals surface area contributed by atoms with Crippen LogP contribution in [0.1, 0.15) is 54.0 Å². The number of guanidine groups is 1. The summed E-state index contributed by atoms with van der Waals surface area (Å²) < 4.78 is 66.2. The molecule has 0 spiro atoms. The summed E-state index contributed by atoms with van der Waals surface area (Å²) in [4.78, 5) is 40.6. The number of carbonyl (C=O) groups excluding carboxylic acids is 2. The number of carbonyl (C=O) groups is 2. The zero-order valence-electron chi connectivity index (χ0n) is 21.1. The first-order valence-electron chi connectivity index (χ1n) is 10.5. The van der Waals surface area contributed by atoms with Crippen molar-refractivity contribution in [2.75, 3.05) is 12.8 Å². The maximum absolute atomic E-state index is 14.8. The van der Waals surface area contributed by atoms with Gasteiger partial charge in [-0.25, -0.2) is 36.1 Å². The van der Waals surface area contributed by atoms with Crippen LogP contribution in [-0.2, 0) is 25.0 Å². The van der Waals surface area contributed by atoms with Gasteiger partial charge in [-0.1, -0.05) is 0 Å². The van der Waals surface area contributed by atoms with E-state index in [0.29, 0.717) is 16.4 Å². The first-order valence-corrected chi connectivity index (χ1v) is 12.2. The number of nitrogens with zero attached hydrogens (tertiary/aromatic N) is 4. The van der Waals surface area contributed by atoms with Crippen molar-refractivity contribution in [1.29, 1.82) is 0 Å². The zero-order chi connectivity index (χ0) is 28.0. The third kappa shape index (κ3) is 6.25. The molecule has 1 heterocycles. The molecule has 0 N–H and O–H groups in total. The molecule has 2 rings (SSSR count). The molecule has 0 aliphatic carbocycles. The Hall–Kier alpha value is -3.36. The molecule has 0 bridgehead atoms. The molecule has 1 aromatic rings. The van der Waals surface area contributed by atoms with Gasteiger partial charge >= 0.3 is 12.2 Å². The van der Waals surface area contributed by atoms with Crippen LogP contribution in [0.5, 0.6) is 0 Å². The van der Waals surface area contributed by atoms with Crippen LogP contribution in [0, 0.1) is 21.7 Å². The second-order valence-corrected chi connectivity index (χ2v) is 12.3. The Bertz CT molecular complexity index is 1210. The summed E-state index contributed by atoms with van der Waals surface area (Å²) in [7, 11) is -3.46. The number of halogens is 2. The van der Waals surface area contributed by atoms with Crippen LogP contribution in [0.25, 0.3) is 0 Å². The van der Waals surface area contributed by atoms with Crippen LogP contribution in [0.4, 0.5) is 24.1 Å². The van der Waals surface area contributed by atoms with Crippen molar-refractivity contribution in [3.8, 4) is 0 Å². The number of hydrogen-bond acceptors (Lipinski definition) is 9. The van der Waals surface area contributed by atoms with Crippen molar-refractivity contribution in [2.24, 2.45) is 4.99 Å². The molecule has 0 saturated heterocycles. The third-order valence-corrected chi connectivity index (χ3v) is 6.59. The molecule has 1 aliphatic rings. The predicted molar refractivity (Wildman–Crippen MR) is 124 cm³/mol. The summed E-state index contributed by atoms with van der Waals surface area (Å²) in [5, 5.41) is 11.2. The van der Waals surface area contributed by atoms with Crippen molar-refractivity contribution in [2.45, 2.75) is 65.2 Å². The summed E-state index contributed by atoms with van der Waals surface area (Å²) >= 11 is 0. The van der Waals surface area contributed by atoms with E-state index in [1.54, 1.807) is 0 Å². The standard InChI is InChI=1S/C21H28F2N4O8S/c1-19(2,3)34-17(28)26(18(29)35-20(4,5)6)16-24-21(7,11-36(32,33)25(16)8)13-9-12(27(30)31)10-14(22)15(13)23/h9-10H,11H2,1-8H3/t21-/m0/s1. The monoisotopic (exact) mass is 534 g/mol. The first kappa shape index (κ1) is 28.9. The van der Waals surface area contributed by atoms with Crippen LogP contribution in [0.15, 0.2) is 17.1 Å². The smallest absolute Gasteiger partial charge is 0.427 e. The number of nitro benzene ring substituents is 1. The molecule has 12 nitrogen and oxygen atoms in total. The fraction of sp³-hybridized carbons (Fsp3) is 0.571. The maximum Gasteiger partial charge on any atom is 0.427 e. The number of sulfonamides is 1. The highest BCUT2D eigenvalue weighted by Crippen LogP contribution is 2.37. The fourth-order valence-corrected chi connectivity index (χ4v) is 4.65. The van der Waals surface area contributed by atoms with E-state index in [1.165, 1.54) is 41.5 Å². The molecule has 15 heteroatoms. The predicted octanol–water partition coefficient (Wildman–Crippen LogP) is 3.89. The van der Waals surface area contributed by atoms with E-state index >= 15 is 0 Å². The molecule has 0 radical (unpaired) electrons. The molecule has 0 saturated carbocycles. The van der Waals surface area contributed by atoms with Gasteiger partial charge in [0.05, 0.1) is 16.7 Å². The number of amides is 2. The van der Waals surface area contributed by atoms with Gasteiger partial charge in [-0.3, -0.25) is 10.1 Å². The van der Waals surface area contributed by atoms with Crippen molar-refractivity contribution in [3.05, 3.63) is 39.4 Å². The number of aliphatic imine (C=N–C) groups is 1. The van der Waals surface area contributed by atoms with E-state index in [-0.39, 0.29) is 4.90 Å². The maximum atomic E-state index is 14.8. The van der Waals surface area contributed by atoms with Crippen molar-refractivity contribution < 1.29 is 41.2 Å². The Morgan fingerprint density at radius 1 is 1.11 bits per heavy atom. The summed E-state index contributed by atoms with van der Waals surface area (Å²) in [6.07, 6.45) is -2.71. The average Bonchev–Trinajstić information content (AvgIpc) is 2.64. The van der Waals surface area contributed by atoms with Crippen molar-refractivity contribution in [3.63, 3.8) is 0 Å². The van der Waals surface area contributed by atoms with Crippen molar-refractivity contribution in [1.82, 2.24) is 9.21 Å². The van der Waals surface area contributed by atoms with E-state index in [9.17, 15) is 36.9 Å². The van der Waals surface area contributed by atoms with Crippen LogP contribution in [0.3, 0.4) is 0 Å². The average molecular weight is 535 g/mol. The molecule has 0 aromatic heterocycles. The summed E-state index contributed by atoms with van der Waals surface area (Å²) in [6.45, 7) is 10.0.